The number of halogens is 1. The molecule has 0 aliphatic heterocycles. The second-order valence-corrected chi connectivity index (χ2v) is 4.78. The fourth-order valence-corrected chi connectivity index (χ4v) is 2.58. The van der Waals surface area contributed by atoms with E-state index in [-0.39, 0.29) is 0 Å². The van der Waals surface area contributed by atoms with Crippen molar-refractivity contribution in [2.45, 2.75) is 13.5 Å². The molecular weight excluding hydrogens is 242 g/mol. The number of aryl methyl sites for hydroxylation is 1. The zero-order chi connectivity index (χ0) is 12.5. The molecule has 0 N–H and O–H groups in total. The van der Waals surface area contributed by atoms with Crippen LogP contribution in [0.3, 0.4) is 0 Å². The van der Waals surface area contributed by atoms with E-state index in [0.29, 0.717) is 0 Å². The van der Waals surface area contributed by atoms with Crippen LogP contribution in [-0.4, -0.2) is 4.57 Å². The normalized spacial score (nSPS) is 11.0. The van der Waals surface area contributed by atoms with Gasteiger partial charge < -0.3 is 4.57 Å². The van der Waals surface area contributed by atoms with E-state index in [2.05, 4.69) is 47.9 Å². The van der Waals surface area contributed by atoms with Crippen LogP contribution < -0.4 is 0 Å². The third-order valence-electron chi connectivity index (χ3n) is 3.25. The van der Waals surface area contributed by atoms with Crippen LogP contribution in [0.5, 0.6) is 0 Å². The molecule has 1 heterocycles. The summed E-state index contributed by atoms with van der Waals surface area (Å²) in [6.45, 7) is 3.10. The van der Waals surface area contributed by atoms with Gasteiger partial charge >= 0.3 is 0 Å². The molecule has 18 heavy (non-hydrogen) atoms. The Morgan fingerprint density at radius 1 is 1.00 bits per heavy atom. The molecular formula is C16H14ClN. The average molecular weight is 256 g/mol. The van der Waals surface area contributed by atoms with E-state index in [4.69, 9.17) is 11.6 Å². The van der Waals surface area contributed by atoms with E-state index in [1.165, 1.54) is 22.2 Å². The van der Waals surface area contributed by atoms with Gasteiger partial charge in [-0.15, -0.1) is 0 Å². The zero-order valence-corrected chi connectivity index (χ0v) is 11.0. The van der Waals surface area contributed by atoms with Gasteiger partial charge in [0.1, 0.15) is 0 Å². The van der Waals surface area contributed by atoms with Crippen LogP contribution in [0, 0.1) is 0 Å². The Morgan fingerprint density at radius 2 is 1.78 bits per heavy atom. The van der Waals surface area contributed by atoms with Gasteiger partial charge in [-0.3, -0.25) is 0 Å². The molecule has 0 amide bonds. The first-order chi connectivity index (χ1) is 8.79. The summed E-state index contributed by atoms with van der Waals surface area (Å²) < 4.78 is 2.30. The minimum Gasteiger partial charge on any atom is -0.341 e. The second kappa shape index (κ2) is 4.51. The van der Waals surface area contributed by atoms with Crippen molar-refractivity contribution < 1.29 is 0 Å². The molecule has 0 atom stereocenters. The van der Waals surface area contributed by atoms with Gasteiger partial charge in [-0.05, 0) is 30.7 Å². The summed E-state index contributed by atoms with van der Waals surface area (Å²) in [5.41, 5.74) is 3.69. The highest BCUT2D eigenvalue weighted by molar-refractivity contribution is 6.31. The molecule has 2 heteroatoms. The van der Waals surface area contributed by atoms with Gasteiger partial charge in [-0.1, -0.05) is 48.0 Å². The SMILES string of the molecule is CCn1c(-c2ccccc2)cc2ccc(Cl)cc21. The number of nitrogens with zero attached hydrogens (tertiary/aromatic N) is 1. The summed E-state index contributed by atoms with van der Waals surface area (Å²) in [6, 6.07) is 18.7. The maximum absolute atomic E-state index is 6.09. The molecule has 0 saturated carbocycles. The van der Waals surface area contributed by atoms with Crippen LogP contribution in [0.4, 0.5) is 0 Å². The van der Waals surface area contributed by atoms with E-state index in [1.54, 1.807) is 0 Å². The van der Waals surface area contributed by atoms with Gasteiger partial charge in [0.05, 0.1) is 0 Å². The van der Waals surface area contributed by atoms with Crippen LogP contribution in [0.15, 0.2) is 54.6 Å². The Balaban J connectivity index is 2.30. The number of rotatable bonds is 2. The van der Waals surface area contributed by atoms with Crippen molar-refractivity contribution in [2.75, 3.05) is 0 Å². The largest absolute Gasteiger partial charge is 0.341 e. The summed E-state index contributed by atoms with van der Waals surface area (Å²) in [5.74, 6) is 0. The van der Waals surface area contributed by atoms with Gasteiger partial charge in [0.25, 0.3) is 0 Å². The zero-order valence-electron chi connectivity index (χ0n) is 10.2. The standard InChI is InChI=1S/C16H14ClN/c1-2-18-15(12-6-4-3-5-7-12)10-13-8-9-14(17)11-16(13)18/h3-11H,2H2,1H3. The van der Waals surface area contributed by atoms with E-state index in [1.807, 2.05) is 18.2 Å². The second-order valence-electron chi connectivity index (χ2n) is 4.34. The summed E-state index contributed by atoms with van der Waals surface area (Å²) >= 11 is 6.09. The van der Waals surface area contributed by atoms with Gasteiger partial charge in [0.15, 0.2) is 0 Å². The maximum atomic E-state index is 6.09. The van der Waals surface area contributed by atoms with Gasteiger partial charge in [-0.2, -0.15) is 0 Å². The van der Waals surface area contributed by atoms with Crippen LogP contribution >= 0.6 is 11.6 Å². The predicted molar refractivity (Wildman–Crippen MR) is 78.1 cm³/mol. The van der Waals surface area contributed by atoms with Crippen molar-refractivity contribution in [1.82, 2.24) is 4.57 Å². The molecule has 0 bridgehead atoms. The van der Waals surface area contributed by atoms with E-state index in [0.717, 1.165) is 11.6 Å². The molecule has 0 unspecified atom stereocenters. The Bertz CT molecular complexity index is 683. The fourth-order valence-electron chi connectivity index (χ4n) is 2.42. The minimum absolute atomic E-state index is 0.787. The number of aromatic nitrogens is 1. The third kappa shape index (κ3) is 1.81. The lowest BCUT2D eigenvalue weighted by Gasteiger charge is -2.08. The molecule has 0 aliphatic carbocycles. The topological polar surface area (TPSA) is 4.93 Å². The van der Waals surface area contributed by atoms with Gasteiger partial charge in [-0.25, -0.2) is 0 Å². The van der Waals surface area contributed by atoms with E-state index < -0.39 is 0 Å². The quantitative estimate of drug-likeness (QED) is 0.609. The number of benzene rings is 2. The number of hydrogen-bond donors (Lipinski definition) is 0. The molecule has 0 spiro atoms. The molecule has 3 rings (SSSR count). The molecule has 0 fully saturated rings. The predicted octanol–water partition coefficient (Wildman–Crippen LogP) is 4.98. The lowest BCUT2D eigenvalue weighted by molar-refractivity contribution is 0.805. The third-order valence-corrected chi connectivity index (χ3v) is 3.49. The van der Waals surface area contributed by atoms with Gasteiger partial charge in [0, 0.05) is 28.2 Å². The van der Waals surface area contributed by atoms with Crippen molar-refractivity contribution in [3.05, 3.63) is 59.6 Å². The van der Waals surface area contributed by atoms with Crippen LogP contribution in [-0.2, 0) is 6.54 Å². The summed E-state index contributed by atoms with van der Waals surface area (Å²) in [7, 11) is 0. The van der Waals surface area contributed by atoms with Crippen molar-refractivity contribution >= 4 is 22.5 Å². The highest BCUT2D eigenvalue weighted by atomic mass is 35.5. The first kappa shape index (κ1) is 11.4. The fraction of sp³-hybridized carbons (Fsp3) is 0.125. The smallest absolute Gasteiger partial charge is 0.0500 e. The Labute approximate surface area is 112 Å². The van der Waals surface area contributed by atoms with Crippen molar-refractivity contribution in [3.8, 4) is 11.3 Å². The maximum Gasteiger partial charge on any atom is 0.0500 e. The molecule has 3 aromatic rings. The van der Waals surface area contributed by atoms with E-state index >= 15 is 0 Å². The molecule has 90 valence electrons. The van der Waals surface area contributed by atoms with Crippen LogP contribution in [0.2, 0.25) is 5.02 Å². The van der Waals surface area contributed by atoms with Crippen LogP contribution in [0.1, 0.15) is 6.92 Å². The van der Waals surface area contributed by atoms with Crippen molar-refractivity contribution in [3.63, 3.8) is 0 Å². The monoisotopic (exact) mass is 255 g/mol. The Kier molecular flexibility index (Phi) is 2.85. The molecule has 1 aromatic heterocycles. The van der Waals surface area contributed by atoms with E-state index in [9.17, 15) is 0 Å². The Hall–Kier alpha value is -1.73. The van der Waals surface area contributed by atoms with Crippen molar-refractivity contribution in [2.24, 2.45) is 0 Å². The summed E-state index contributed by atoms with van der Waals surface area (Å²) in [6.07, 6.45) is 0. The number of fused-ring (bicyclic) bond motifs is 1. The molecule has 0 aliphatic rings. The first-order valence-corrected chi connectivity index (χ1v) is 6.51. The lowest BCUT2D eigenvalue weighted by atomic mass is 10.1. The highest BCUT2D eigenvalue weighted by Gasteiger charge is 2.09. The minimum atomic E-state index is 0.787. The molecule has 0 radical (unpaired) electrons. The Morgan fingerprint density at radius 3 is 2.50 bits per heavy atom. The molecule has 1 nitrogen and oxygen atoms in total. The summed E-state index contributed by atoms with van der Waals surface area (Å²) in [5, 5.41) is 2.02. The lowest BCUT2D eigenvalue weighted by Crippen LogP contribution is -1.96. The summed E-state index contributed by atoms with van der Waals surface area (Å²) in [4.78, 5) is 0. The average Bonchev–Trinajstić information content (AvgIpc) is 2.77. The van der Waals surface area contributed by atoms with Crippen molar-refractivity contribution in [1.29, 1.82) is 0 Å². The first-order valence-electron chi connectivity index (χ1n) is 6.14. The highest BCUT2D eigenvalue weighted by Crippen LogP contribution is 2.29. The molecule has 0 saturated heterocycles. The molecule has 2 aromatic carbocycles. The van der Waals surface area contributed by atoms with Gasteiger partial charge in [0.2, 0.25) is 0 Å². The number of hydrogen-bond acceptors (Lipinski definition) is 0. The van der Waals surface area contributed by atoms with Crippen LogP contribution in [0.25, 0.3) is 22.2 Å².